The molecule has 1 N–H and O–H groups in total. The van der Waals surface area contributed by atoms with Gasteiger partial charge in [-0.05, 0) is 66.1 Å². The first-order valence-corrected chi connectivity index (χ1v) is 10.1. The summed E-state index contributed by atoms with van der Waals surface area (Å²) < 4.78 is 31.8. The molecule has 0 atom stereocenters. The number of amides is 2. The Bertz CT molecular complexity index is 830. The van der Waals surface area contributed by atoms with Crippen molar-refractivity contribution in [1.82, 2.24) is 10.2 Å². The highest BCUT2D eigenvalue weighted by Gasteiger charge is 2.51. The van der Waals surface area contributed by atoms with Crippen molar-refractivity contribution in [1.29, 1.82) is 0 Å². The lowest BCUT2D eigenvalue weighted by Crippen LogP contribution is -2.61. The van der Waals surface area contributed by atoms with Gasteiger partial charge in [-0.25, -0.2) is 9.18 Å². The van der Waals surface area contributed by atoms with Crippen LogP contribution in [-0.4, -0.2) is 60.0 Å². The quantitative estimate of drug-likeness (QED) is 0.761. The summed E-state index contributed by atoms with van der Waals surface area (Å²) in [6.07, 6.45) is -0.530. The lowest BCUT2D eigenvalue weighted by atomic mass is 9.78. The van der Waals surface area contributed by atoms with Crippen molar-refractivity contribution in [2.24, 2.45) is 0 Å². The average molecular weight is 420 g/mol. The van der Waals surface area contributed by atoms with Crippen molar-refractivity contribution in [3.63, 3.8) is 0 Å². The van der Waals surface area contributed by atoms with Gasteiger partial charge in [0.15, 0.2) is 0 Å². The zero-order valence-electron chi connectivity index (χ0n) is 18.7. The van der Waals surface area contributed by atoms with Gasteiger partial charge in [-0.15, -0.1) is 0 Å². The Hall–Kier alpha value is -2.13. The molecule has 0 aromatic heterocycles. The van der Waals surface area contributed by atoms with E-state index in [4.69, 9.17) is 14.0 Å². The minimum absolute atomic E-state index is 0.0222. The van der Waals surface area contributed by atoms with Crippen LogP contribution in [0.3, 0.4) is 0 Å². The summed E-state index contributed by atoms with van der Waals surface area (Å²) in [5.41, 5.74) is -1.15. The molecule has 2 fully saturated rings. The fourth-order valence-electron chi connectivity index (χ4n) is 3.21. The molecule has 30 heavy (non-hydrogen) atoms. The molecule has 3 rings (SSSR count). The van der Waals surface area contributed by atoms with Crippen LogP contribution in [0.4, 0.5) is 9.18 Å². The molecule has 0 spiro atoms. The first-order chi connectivity index (χ1) is 13.7. The Morgan fingerprint density at radius 2 is 1.73 bits per heavy atom. The lowest BCUT2D eigenvalue weighted by Gasteiger charge is -2.39. The van der Waals surface area contributed by atoms with Crippen LogP contribution in [0.2, 0.25) is 0 Å². The summed E-state index contributed by atoms with van der Waals surface area (Å²) >= 11 is 0. The maximum Gasteiger partial charge on any atom is 0.494 e. The van der Waals surface area contributed by atoms with E-state index < -0.39 is 41.7 Å². The molecule has 2 aliphatic rings. The van der Waals surface area contributed by atoms with Crippen molar-refractivity contribution in [2.45, 2.75) is 71.3 Å². The first-order valence-electron chi connectivity index (χ1n) is 10.1. The second kappa shape index (κ2) is 7.53. The normalized spacial score (nSPS) is 20.7. The Morgan fingerprint density at radius 1 is 1.17 bits per heavy atom. The van der Waals surface area contributed by atoms with E-state index in [9.17, 15) is 14.0 Å². The Kier molecular flexibility index (Phi) is 5.66. The number of carbonyl (C=O) groups excluding carboxylic acids is 2. The number of hydrogen-bond acceptors (Lipinski definition) is 5. The van der Waals surface area contributed by atoms with Crippen LogP contribution in [0.1, 0.15) is 58.8 Å². The van der Waals surface area contributed by atoms with Gasteiger partial charge < -0.3 is 24.3 Å². The van der Waals surface area contributed by atoms with Crippen molar-refractivity contribution >= 4 is 24.6 Å². The van der Waals surface area contributed by atoms with E-state index in [0.29, 0.717) is 18.6 Å². The second-order valence-corrected chi connectivity index (χ2v) is 9.88. The molecule has 9 heteroatoms. The summed E-state index contributed by atoms with van der Waals surface area (Å²) in [4.78, 5) is 25.9. The van der Waals surface area contributed by atoms with E-state index in [-0.39, 0.29) is 11.6 Å². The van der Waals surface area contributed by atoms with Crippen LogP contribution in [-0.2, 0) is 14.0 Å². The van der Waals surface area contributed by atoms with Crippen LogP contribution in [0, 0.1) is 5.82 Å². The Morgan fingerprint density at radius 3 is 2.23 bits per heavy atom. The first kappa shape index (κ1) is 22.6. The van der Waals surface area contributed by atoms with Gasteiger partial charge in [0.1, 0.15) is 11.4 Å². The van der Waals surface area contributed by atoms with E-state index in [2.05, 4.69) is 5.32 Å². The SMILES string of the molecule is CC(C)(C)OC(=O)NC1CN(C(=O)c2ccc(B3OC(C)(C)C(C)(C)O3)cc2F)C1. The van der Waals surface area contributed by atoms with Gasteiger partial charge in [0.2, 0.25) is 0 Å². The van der Waals surface area contributed by atoms with Gasteiger partial charge in [-0.2, -0.15) is 0 Å². The zero-order valence-corrected chi connectivity index (χ0v) is 18.7. The molecule has 2 saturated heterocycles. The molecule has 2 heterocycles. The van der Waals surface area contributed by atoms with Crippen LogP contribution >= 0.6 is 0 Å². The van der Waals surface area contributed by atoms with Crippen molar-refractivity contribution in [3.05, 3.63) is 29.6 Å². The number of alkyl carbamates (subject to hydrolysis) is 1. The predicted molar refractivity (Wildman–Crippen MR) is 111 cm³/mol. The standard InChI is InChI=1S/C21H30BFN2O5/c1-19(2,3)28-18(27)24-14-11-25(12-14)17(26)15-9-8-13(10-16(15)23)22-29-20(4,5)21(6,7)30-22/h8-10,14H,11-12H2,1-7H3,(H,24,27). The lowest BCUT2D eigenvalue weighted by molar-refractivity contribution is 0.00578. The summed E-state index contributed by atoms with van der Waals surface area (Å²) in [5, 5.41) is 2.70. The number of halogens is 1. The summed E-state index contributed by atoms with van der Waals surface area (Å²) in [6.45, 7) is 13.6. The van der Waals surface area contributed by atoms with E-state index in [1.165, 1.54) is 17.0 Å². The maximum absolute atomic E-state index is 14.7. The number of hydrogen-bond donors (Lipinski definition) is 1. The summed E-state index contributed by atoms with van der Waals surface area (Å²) in [6, 6.07) is 4.17. The monoisotopic (exact) mass is 420 g/mol. The predicted octanol–water partition coefficient (Wildman–Crippen LogP) is 2.47. The van der Waals surface area contributed by atoms with Gasteiger partial charge >= 0.3 is 13.2 Å². The number of benzene rings is 1. The van der Waals surface area contributed by atoms with Crippen molar-refractivity contribution in [2.75, 3.05) is 13.1 Å². The van der Waals surface area contributed by atoms with Crippen LogP contribution in [0.15, 0.2) is 18.2 Å². The number of nitrogens with one attached hydrogen (secondary N) is 1. The maximum atomic E-state index is 14.7. The molecular weight excluding hydrogens is 390 g/mol. The molecule has 7 nitrogen and oxygen atoms in total. The number of ether oxygens (including phenoxy) is 1. The third-order valence-electron chi connectivity index (χ3n) is 5.64. The molecule has 0 unspecified atom stereocenters. The highest BCUT2D eigenvalue weighted by molar-refractivity contribution is 6.62. The largest absolute Gasteiger partial charge is 0.494 e. The van der Waals surface area contributed by atoms with Gasteiger partial charge in [0.25, 0.3) is 5.91 Å². The average Bonchev–Trinajstić information content (AvgIpc) is 2.76. The third-order valence-corrected chi connectivity index (χ3v) is 5.64. The molecule has 0 aliphatic carbocycles. The van der Waals surface area contributed by atoms with E-state index in [0.717, 1.165) is 0 Å². The summed E-state index contributed by atoms with van der Waals surface area (Å²) in [7, 11) is -0.694. The van der Waals surface area contributed by atoms with E-state index in [1.54, 1.807) is 26.8 Å². The molecule has 0 bridgehead atoms. The van der Waals surface area contributed by atoms with Crippen LogP contribution in [0.5, 0.6) is 0 Å². The second-order valence-electron chi connectivity index (χ2n) is 9.88. The van der Waals surface area contributed by atoms with Crippen LogP contribution < -0.4 is 10.8 Å². The number of carbonyl (C=O) groups is 2. The molecule has 0 radical (unpaired) electrons. The highest BCUT2D eigenvalue weighted by Crippen LogP contribution is 2.36. The van der Waals surface area contributed by atoms with Gasteiger partial charge in [0.05, 0.1) is 22.8 Å². The molecule has 1 aromatic rings. The fraction of sp³-hybridized carbons (Fsp3) is 0.619. The molecule has 2 aliphatic heterocycles. The number of nitrogens with zero attached hydrogens (tertiary/aromatic N) is 1. The molecular formula is C21H30BFN2O5. The van der Waals surface area contributed by atoms with Crippen molar-refractivity contribution in [3.8, 4) is 0 Å². The molecule has 0 saturated carbocycles. The van der Waals surface area contributed by atoms with Gasteiger partial charge in [0, 0.05) is 13.1 Å². The topological polar surface area (TPSA) is 77.1 Å². The molecule has 164 valence electrons. The van der Waals surface area contributed by atoms with E-state index >= 15 is 0 Å². The van der Waals surface area contributed by atoms with Crippen LogP contribution in [0.25, 0.3) is 0 Å². The van der Waals surface area contributed by atoms with Crippen molar-refractivity contribution < 1.29 is 28.0 Å². The Labute approximate surface area is 177 Å². The van der Waals surface area contributed by atoms with Gasteiger partial charge in [-0.1, -0.05) is 6.07 Å². The van der Waals surface area contributed by atoms with Gasteiger partial charge in [-0.3, -0.25) is 4.79 Å². The minimum Gasteiger partial charge on any atom is -0.444 e. The summed E-state index contributed by atoms with van der Waals surface area (Å²) in [5.74, 6) is -1.05. The zero-order chi connectivity index (χ0) is 22.5. The molecule has 1 aromatic carbocycles. The molecule has 2 amide bonds. The smallest absolute Gasteiger partial charge is 0.444 e. The fourth-order valence-corrected chi connectivity index (χ4v) is 3.21. The highest BCUT2D eigenvalue weighted by atomic mass is 19.1. The van der Waals surface area contributed by atoms with E-state index in [1.807, 2.05) is 27.7 Å². The Balaban J connectivity index is 1.59. The minimum atomic E-state index is -0.694. The number of rotatable bonds is 3. The third kappa shape index (κ3) is 4.62. The number of likely N-dealkylation sites (tertiary alicyclic amines) is 1.